The van der Waals surface area contributed by atoms with Gasteiger partial charge in [0.25, 0.3) is 0 Å². The molecule has 0 amide bonds. The van der Waals surface area contributed by atoms with Gasteiger partial charge in [-0.05, 0) is 19.1 Å². The van der Waals surface area contributed by atoms with Gasteiger partial charge in [-0.2, -0.15) is 0 Å². The minimum atomic E-state index is -0.865. The summed E-state index contributed by atoms with van der Waals surface area (Å²) >= 11 is 7.89. The molecule has 1 aliphatic rings. The summed E-state index contributed by atoms with van der Waals surface area (Å²) in [5.74, 6) is 0.715. The quantitative estimate of drug-likeness (QED) is 0.715. The molecule has 0 aliphatic carbocycles. The van der Waals surface area contributed by atoms with Crippen LogP contribution in [0.15, 0.2) is 35.3 Å². The number of halogens is 1. The first-order chi connectivity index (χ1) is 13.0. The first-order valence-corrected chi connectivity index (χ1v) is 9.81. The smallest absolute Gasteiger partial charge is 0.308 e. The van der Waals surface area contributed by atoms with Crippen molar-refractivity contribution in [3.63, 3.8) is 0 Å². The van der Waals surface area contributed by atoms with Gasteiger partial charge in [-0.15, -0.1) is 21.5 Å². The second-order valence-corrected chi connectivity index (χ2v) is 7.82. The summed E-state index contributed by atoms with van der Waals surface area (Å²) in [6, 6.07) is 9.25. The Hall–Kier alpha value is -2.51. The maximum atomic E-state index is 11.2. The van der Waals surface area contributed by atoms with Gasteiger partial charge in [0.1, 0.15) is 16.9 Å². The summed E-state index contributed by atoms with van der Waals surface area (Å²) in [5, 5.41) is 19.4. The van der Waals surface area contributed by atoms with Crippen molar-refractivity contribution in [3.8, 4) is 5.00 Å². The SMILES string of the molecule is CCc1nnc2n1-c1sc(CC(=O)O)cc1C(c1ccccc1Cl)=NC2C. The standard InChI is InChI=1S/C19H17ClN4O2S/c1-3-15-22-23-18-10(2)21-17(12-6-4-5-7-14(12)20)13-8-11(9-16(25)26)27-19(13)24(15)18/h4-8,10H,3,9H2,1-2H3,(H,25,26). The highest BCUT2D eigenvalue weighted by Gasteiger charge is 2.29. The first-order valence-electron chi connectivity index (χ1n) is 8.61. The zero-order chi connectivity index (χ0) is 19.1. The lowest BCUT2D eigenvalue weighted by atomic mass is 10.0. The lowest BCUT2D eigenvalue weighted by molar-refractivity contribution is -0.136. The molecule has 1 aliphatic heterocycles. The highest BCUT2D eigenvalue weighted by molar-refractivity contribution is 7.15. The van der Waals surface area contributed by atoms with Gasteiger partial charge in [0, 0.05) is 27.4 Å². The molecule has 1 aromatic carbocycles. The third-order valence-corrected chi connectivity index (χ3v) is 5.89. The molecule has 0 saturated heterocycles. The molecular formula is C19H17ClN4O2S. The number of aromatic nitrogens is 3. The maximum Gasteiger partial charge on any atom is 0.308 e. The number of benzene rings is 1. The average molecular weight is 401 g/mol. The van der Waals surface area contributed by atoms with Gasteiger partial charge in [-0.25, -0.2) is 0 Å². The maximum absolute atomic E-state index is 11.2. The van der Waals surface area contributed by atoms with Crippen LogP contribution in [0.25, 0.3) is 5.00 Å². The van der Waals surface area contributed by atoms with E-state index in [0.717, 1.165) is 38.4 Å². The van der Waals surface area contributed by atoms with E-state index in [1.165, 1.54) is 11.3 Å². The Morgan fingerprint density at radius 2 is 2.07 bits per heavy atom. The predicted molar refractivity (Wildman–Crippen MR) is 105 cm³/mol. The molecule has 0 radical (unpaired) electrons. The van der Waals surface area contributed by atoms with E-state index in [0.29, 0.717) is 11.4 Å². The van der Waals surface area contributed by atoms with Crippen LogP contribution >= 0.6 is 22.9 Å². The van der Waals surface area contributed by atoms with Crippen LogP contribution < -0.4 is 0 Å². The van der Waals surface area contributed by atoms with E-state index in [1.807, 2.05) is 48.7 Å². The summed E-state index contributed by atoms with van der Waals surface area (Å²) in [7, 11) is 0. The van der Waals surface area contributed by atoms with Gasteiger partial charge in [-0.3, -0.25) is 14.4 Å². The summed E-state index contributed by atoms with van der Waals surface area (Å²) in [4.78, 5) is 16.9. The lowest BCUT2D eigenvalue weighted by Crippen LogP contribution is -2.06. The number of aryl methyl sites for hydroxylation is 1. The van der Waals surface area contributed by atoms with Crippen LogP contribution in [0.2, 0.25) is 5.02 Å². The topological polar surface area (TPSA) is 80.4 Å². The number of carboxylic acids is 1. The van der Waals surface area contributed by atoms with Gasteiger partial charge >= 0.3 is 5.97 Å². The molecule has 4 rings (SSSR count). The number of aliphatic carboxylic acids is 1. The molecular weight excluding hydrogens is 384 g/mol. The van der Waals surface area contributed by atoms with Crippen molar-refractivity contribution in [2.24, 2.45) is 4.99 Å². The third kappa shape index (κ3) is 3.07. The number of hydrogen-bond acceptors (Lipinski definition) is 5. The summed E-state index contributed by atoms with van der Waals surface area (Å²) in [6.07, 6.45) is 0.675. The Kier molecular flexibility index (Phi) is 4.57. The monoisotopic (exact) mass is 400 g/mol. The number of nitrogens with zero attached hydrogens (tertiary/aromatic N) is 4. The number of aliphatic imine (C=N–C) groups is 1. The van der Waals surface area contributed by atoms with Crippen LogP contribution in [0.3, 0.4) is 0 Å². The molecule has 1 N–H and O–H groups in total. The predicted octanol–water partition coefficient (Wildman–Crippen LogP) is 4.08. The number of hydrogen-bond donors (Lipinski definition) is 1. The highest BCUT2D eigenvalue weighted by Crippen LogP contribution is 2.37. The van der Waals surface area contributed by atoms with Crippen molar-refractivity contribution in [1.29, 1.82) is 0 Å². The van der Waals surface area contributed by atoms with Crippen molar-refractivity contribution in [2.45, 2.75) is 32.7 Å². The van der Waals surface area contributed by atoms with Crippen molar-refractivity contribution >= 4 is 34.6 Å². The minimum absolute atomic E-state index is 0.0397. The van der Waals surface area contributed by atoms with Crippen LogP contribution in [-0.2, 0) is 17.6 Å². The third-order valence-electron chi connectivity index (χ3n) is 4.44. The largest absolute Gasteiger partial charge is 0.481 e. The van der Waals surface area contributed by atoms with E-state index in [-0.39, 0.29) is 12.5 Å². The van der Waals surface area contributed by atoms with Crippen molar-refractivity contribution in [1.82, 2.24) is 14.8 Å². The summed E-state index contributed by atoms with van der Waals surface area (Å²) in [5.41, 5.74) is 2.44. The first kappa shape index (κ1) is 17.9. The van der Waals surface area contributed by atoms with Crippen LogP contribution in [-0.4, -0.2) is 31.6 Å². The second kappa shape index (κ2) is 6.90. The van der Waals surface area contributed by atoms with Crippen LogP contribution in [0.5, 0.6) is 0 Å². The number of fused-ring (bicyclic) bond motifs is 3. The number of thiophene rings is 1. The molecule has 1 unspecified atom stereocenters. The molecule has 3 heterocycles. The molecule has 0 bridgehead atoms. The molecule has 3 aromatic rings. The lowest BCUT2D eigenvalue weighted by Gasteiger charge is -2.09. The second-order valence-electron chi connectivity index (χ2n) is 6.30. The summed E-state index contributed by atoms with van der Waals surface area (Å²) < 4.78 is 2.02. The van der Waals surface area contributed by atoms with Crippen molar-refractivity contribution < 1.29 is 9.90 Å². The molecule has 2 aromatic heterocycles. The van der Waals surface area contributed by atoms with Crippen LogP contribution in [0.4, 0.5) is 0 Å². The molecule has 27 heavy (non-hydrogen) atoms. The van der Waals surface area contributed by atoms with Gasteiger partial charge in [-0.1, -0.05) is 36.7 Å². The summed E-state index contributed by atoms with van der Waals surface area (Å²) in [6.45, 7) is 4.00. The fourth-order valence-corrected chi connectivity index (χ4v) is 4.64. The Labute approximate surface area is 165 Å². The number of rotatable bonds is 4. The molecule has 0 spiro atoms. The minimum Gasteiger partial charge on any atom is -0.481 e. The number of carbonyl (C=O) groups is 1. The van der Waals surface area contributed by atoms with E-state index in [9.17, 15) is 9.90 Å². The van der Waals surface area contributed by atoms with Gasteiger partial charge in [0.15, 0.2) is 5.82 Å². The van der Waals surface area contributed by atoms with E-state index in [2.05, 4.69) is 10.2 Å². The molecule has 0 saturated carbocycles. The normalized spacial score (nSPS) is 15.7. The van der Waals surface area contributed by atoms with Crippen molar-refractivity contribution in [2.75, 3.05) is 0 Å². The Morgan fingerprint density at radius 3 is 2.78 bits per heavy atom. The van der Waals surface area contributed by atoms with Crippen molar-refractivity contribution in [3.05, 3.63) is 63.0 Å². The highest BCUT2D eigenvalue weighted by atomic mass is 35.5. The molecule has 138 valence electrons. The molecule has 0 fully saturated rings. The number of carboxylic acid groups (broad SMARTS) is 1. The fraction of sp³-hybridized carbons (Fsp3) is 0.263. The van der Waals surface area contributed by atoms with Gasteiger partial charge in [0.05, 0.1) is 12.1 Å². The zero-order valence-electron chi connectivity index (χ0n) is 14.8. The molecule has 1 atom stereocenters. The van der Waals surface area contributed by atoms with E-state index < -0.39 is 5.97 Å². The molecule has 8 heteroatoms. The fourth-order valence-electron chi connectivity index (χ4n) is 3.24. The average Bonchev–Trinajstić information content (AvgIpc) is 3.20. The van der Waals surface area contributed by atoms with E-state index in [1.54, 1.807) is 0 Å². The zero-order valence-corrected chi connectivity index (χ0v) is 16.4. The van der Waals surface area contributed by atoms with E-state index in [4.69, 9.17) is 16.6 Å². The van der Waals surface area contributed by atoms with Gasteiger partial charge in [0.2, 0.25) is 0 Å². The van der Waals surface area contributed by atoms with Crippen LogP contribution in [0.1, 0.15) is 47.5 Å². The Bertz CT molecular complexity index is 1070. The van der Waals surface area contributed by atoms with Gasteiger partial charge < -0.3 is 5.11 Å². The molecule has 6 nitrogen and oxygen atoms in total. The van der Waals surface area contributed by atoms with Crippen LogP contribution in [0, 0.1) is 0 Å². The van der Waals surface area contributed by atoms with E-state index >= 15 is 0 Å². The Balaban J connectivity index is 2.00. The Morgan fingerprint density at radius 1 is 1.30 bits per heavy atom.